The molecule has 4 amide bonds. The van der Waals surface area contributed by atoms with Crippen molar-refractivity contribution in [1.29, 1.82) is 0 Å². The fraction of sp³-hybridized carbons (Fsp3) is 0.550. The van der Waals surface area contributed by atoms with E-state index >= 15 is 0 Å². The number of carbonyl (C=O) groups is 3. The molecular weight excluding hydrogens is 330 g/mol. The lowest BCUT2D eigenvalue weighted by Crippen LogP contribution is -2.45. The normalized spacial score (nSPS) is 23.6. The minimum Gasteiger partial charge on any atom is -0.352 e. The van der Waals surface area contributed by atoms with Crippen molar-refractivity contribution in [2.75, 3.05) is 6.54 Å². The standard InChI is InChI=1S/C20H27N3O3/c1-13(2)14-8-10-15(11-9-14)20(3)18(25)23(19(26)22-20)12-17(24)21-16-6-4-5-7-16/h8-11,13,16H,4-7,12H2,1-3H3,(H,21,24)(H,22,26)/t20-/m1/s1. The first-order valence-electron chi connectivity index (χ1n) is 9.35. The summed E-state index contributed by atoms with van der Waals surface area (Å²) in [6.07, 6.45) is 4.15. The van der Waals surface area contributed by atoms with E-state index in [1.165, 1.54) is 5.56 Å². The molecule has 6 heteroatoms. The van der Waals surface area contributed by atoms with Crippen LogP contribution >= 0.6 is 0 Å². The van der Waals surface area contributed by atoms with Crippen molar-refractivity contribution in [2.45, 2.75) is 64.0 Å². The average molecular weight is 357 g/mol. The first-order valence-corrected chi connectivity index (χ1v) is 9.35. The summed E-state index contributed by atoms with van der Waals surface area (Å²) in [5.74, 6) is -0.275. The number of hydrogen-bond donors (Lipinski definition) is 2. The van der Waals surface area contributed by atoms with E-state index in [4.69, 9.17) is 0 Å². The molecule has 1 atom stereocenters. The van der Waals surface area contributed by atoms with E-state index in [0.29, 0.717) is 5.92 Å². The number of imide groups is 1. The van der Waals surface area contributed by atoms with Crippen LogP contribution in [0.15, 0.2) is 24.3 Å². The molecule has 0 bridgehead atoms. The van der Waals surface area contributed by atoms with Crippen molar-refractivity contribution in [3.05, 3.63) is 35.4 Å². The topological polar surface area (TPSA) is 78.5 Å². The van der Waals surface area contributed by atoms with Gasteiger partial charge in [-0.3, -0.25) is 14.5 Å². The molecule has 0 spiro atoms. The first kappa shape index (κ1) is 18.4. The van der Waals surface area contributed by atoms with Crippen LogP contribution < -0.4 is 10.6 Å². The maximum Gasteiger partial charge on any atom is 0.325 e. The maximum absolute atomic E-state index is 12.9. The molecule has 3 rings (SSSR count). The third-order valence-electron chi connectivity index (χ3n) is 5.45. The predicted octanol–water partition coefficient (Wildman–Crippen LogP) is 2.64. The van der Waals surface area contributed by atoms with Crippen LogP contribution in [-0.4, -0.2) is 35.3 Å². The Bertz CT molecular complexity index is 708. The summed E-state index contributed by atoms with van der Waals surface area (Å²) in [7, 11) is 0. The summed E-state index contributed by atoms with van der Waals surface area (Å²) in [5.41, 5.74) is 0.751. The number of amides is 4. The SMILES string of the molecule is CC(C)c1ccc([C@@]2(C)NC(=O)N(CC(=O)NC3CCCC3)C2=O)cc1. The largest absolute Gasteiger partial charge is 0.352 e. The van der Waals surface area contributed by atoms with Crippen LogP contribution in [0.1, 0.15) is 63.5 Å². The number of hydrogen-bond acceptors (Lipinski definition) is 3. The molecule has 0 aromatic heterocycles. The van der Waals surface area contributed by atoms with Gasteiger partial charge in [0.05, 0.1) is 0 Å². The highest BCUT2D eigenvalue weighted by Gasteiger charge is 2.49. The zero-order valence-corrected chi connectivity index (χ0v) is 15.7. The molecule has 1 saturated heterocycles. The summed E-state index contributed by atoms with van der Waals surface area (Å²) < 4.78 is 0. The van der Waals surface area contributed by atoms with E-state index in [1.54, 1.807) is 6.92 Å². The molecular formula is C20H27N3O3. The quantitative estimate of drug-likeness (QED) is 0.795. The molecule has 1 aromatic rings. The highest BCUT2D eigenvalue weighted by atomic mass is 16.2. The number of nitrogens with one attached hydrogen (secondary N) is 2. The van der Waals surface area contributed by atoms with Crippen molar-refractivity contribution < 1.29 is 14.4 Å². The number of nitrogens with zero attached hydrogens (tertiary/aromatic N) is 1. The first-order chi connectivity index (χ1) is 12.3. The van der Waals surface area contributed by atoms with Gasteiger partial charge < -0.3 is 10.6 Å². The molecule has 0 radical (unpaired) electrons. The molecule has 26 heavy (non-hydrogen) atoms. The van der Waals surface area contributed by atoms with Gasteiger partial charge >= 0.3 is 6.03 Å². The van der Waals surface area contributed by atoms with E-state index < -0.39 is 11.6 Å². The van der Waals surface area contributed by atoms with Crippen LogP contribution in [0.3, 0.4) is 0 Å². The highest BCUT2D eigenvalue weighted by Crippen LogP contribution is 2.30. The molecule has 1 saturated carbocycles. The van der Waals surface area contributed by atoms with E-state index in [2.05, 4.69) is 24.5 Å². The van der Waals surface area contributed by atoms with Gasteiger partial charge in [0.15, 0.2) is 0 Å². The van der Waals surface area contributed by atoms with E-state index in [1.807, 2.05) is 24.3 Å². The monoisotopic (exact) mass is 357 g/mol. The van der Waals surface area contributed by atoms with Gasteiger partial charge in [0.25, 0.3) is 5.91 Å². The van der Waals surface area contributed by atoms with Crippen molar-refractivity contribution in [3.8, 4) is 0 Å². The zero-order valence-electron chi connectivity index (χ0n) is 15.7. The van der Waals surface area contributed by atoms with Gasteiger partial charge in [0.1, 0.15) is 12.1 Å². The molecule has 6 nitrogen and oxygen atoms in total. The molecule has 1 aromatic carbocycles. The summed E-state index contributed by atoms with van der Waals surface area (Å²) in [6, 6.07) is 7.33. The number of urea groups is 1. The van der Waals surface area contributed by atoms with Gasteiger partial charge in [-0.15, -0.1) is 0 Å². The molecule has 2 aliphatic rings. The minimum atomic E-state index is -1.14. The van der Waals surface area contributed by atoms with Crippen molar-refractivity contribution >= 4 is 17.8 Å². The van der Waals surface area contributed by atoms with E-state index in [9.17, 15) is 14.4 Å². The Hall–Kier alpha value is -2.37. The van der Waals surface area contributed by atoms with Gasteiger partial charge in [-0.25, -0.2) is 4.79 Å². The summed E-state index contributed by atoms with van der Waals surface area (Å²) in [6.45, 7) is 5.65. The van der Waals surface area contributed by atoms with Crippen LogP contribution in [0.5, 0.6) is 0 Å². The molecule has 1 aliphatic carbocycles. The number of rotatable bonds is 5. The van der Waals surface area contributed by atoms with Gasteiger partial charge in [0, 0.05) is 6.04 Å². The molecule has 0 unspecified atom stereocenters. The van der Waals surface area contributed by atoms with Crippen LogP contribution in [0.25, 0.3) is 0 Å². The molecule has 1 heterocycles. The lowest BCUT2D eigenvalue weighted by molar-refractivity contribution is -0.135. The summed E-state index contributed by atoms with van der Waals surface area (Å²) in [5, 5.41) is 5.67. The fourth-order valence-corrected chi connectivity index (χ4v) is 3.72. The number of benzene rings is 1. The van der Waals surface area contributed by atoms with Crippen molar-refractivity contribution in [1.82, 2.24) is 15.5 Å². The zero-order chi connectivity index (χ0) is 18.9. The van der Waals surface area contributed by atoms with Crippen molar-refractivity contribution in [3.63, 3.8) is 0 Å². The Morgan fingerprint density at radius 2 is 1.85 bits per heavy atom. The second kappa shape index (κ2) is 7.09. The van der Waals surface area contributed by atoms with Crippen LogP contribution in [0.2, 0.25) is 0 Å². The maximum atomic E-state index is 12.9. The molecule has 140 valence electrons. The van der Waals surface area contributed by atoms with Gasteiger partial charge in [-0.05, 0) is 36.8 Å². The Morgan fingerprint density at radius 1 is 1.23 bits per heavy atom. The molecule has 2 fully saturated rings. The lowest BCUT2D eigenvalue weighted by Gasteiger charge is -2.23. The fourth-order valence-electron chi connectivity index (χ4n) is 3.72. The summed E-state index contributed by atoms with van der Waals surface area (Å²) >= 11 is 0. The molecule has 1 aliphatic heterocycles. The third-order valence-corrected chi connectivity index (χ3v) is 5.45. The second-order valence-electron chi connectivity index (χ2n) is 7.77. The Kier molecular flexibility index (Phi) is 5.03. The minimum absolute atomic E-state index is 0.165. The predicted molar refractivity (Wildman–Crippen MR) is 98.5 cm³/mol. The van der Waals surface area contributed by atoms with E-state index in [0.717, 1.165) is 36.1 Å². The van der Waals surface area contributed by atoms with Crippen LogP contribution in [-0.2, 0) is 15.1 Å². The number of carbonyl (C=O) groups excluding carboxylic acids is 3. The smallest absolute Gasteiger partial charge is 0.325 e. The summed E-state index contributed by atoms with van der Waals surface area (Å²) in [4.78, 5) is 38.5. The average Bonchev–Trinajstić information content (AvgIpc) is 3.18. The Morgan fingerprint density at radius 3 is 2.42 bits per heavy atom. The third kappa shape index (κ3) is 3.45. The lowest BCUT2D eigenvalue weighted by atomic mass is 9.90. The second-order valence-corrected chi connectivity index (χ2v) is 7.77. The Balaban J connectivity index is 1.71. The van der Waals surface area contributed by atoms with Crippen molar-refractivity contribution in [2.24, 2.45) is 0 Å². The van der Waals surface area contributed by atoms with Gasteiger partial charge in [-0.1, -0.05) is 51.0 Å². The Labute approximate surface area is 154 Å². The van der Waals surface area contributed by atoms with Gasteiger partial charge in [0.2, 0.25) is 5.91 Å². The van der Waals surface area contributed by atoms with Gasteiger partial charge in [-0.2, -0.15) is 0 Å². The highest BCUT2D eigenvalue weighted by molar-refractivity contribution is 6.09. The van der Waals surface area contributed by atoms with E-state index in [-0.39, 0.29) is 24.4 Å². The van der Waals surface area contributed by atoms with Crippen LogP contribution in [0.4, 0.5) is 4.79 Å². The molecule has 2 N–H and O–H groups in total. The van der Waals surface area contributed by atoms with Crippen LogP contribution in [0, 0.1) is 0 Å².